The van der Waals surface area contributed by atoms with E-state index >= 15 is 0 Å². The van der Waals surface area contributed by atoms with Crippen molar-refractivity contribution in [3.63, 3.8) is 0 Å². The van der Waals surface area contributed by atoms with Crippen LogP contribution in [0.2, 0.25) is 0 Å². The van der Waals surface area contributed by atoms with Crippen LogP contribution < -0.4 is 15.8 Å². The van der Waals surface area contributed by atoms with Gasteiger partial charge in [-0.25, -0.2) is 0 Å². The zero-order valence-corrected chi connectivity index (χ0v) is 24.9. The number of nitrogens with one attached hydrogen (secondary N) is 2. The first-order valence-electron chi connectivity index (χ1n) is 14.8. The van der Waals surface area contributed by atoms with Crippen LogP contribution in [0.25, 0.3) is 0 Å². The van der Waals surface area contributed by atoms with Gasteiger partial charge >= 0.3 is 5.91 Å². The Morgan fingerprint density at radius 2 is 1.32 bits per heavy atom. The molecule has 1 radical (unpaired) electrons. The van der Waals surface area contributed by atoms with E-state index in [1.54, 1.807) is 0 Å². The number of carbonyl (C=O) groups excluding carboxylic acids is 2. The van der Waals surface area contributed by atoms with E-state index in [-0.39, 0.29) is 16.7 Å². The van der Waals surface area contributed by atoms with Crippen LogP contribution in [-0.2, 0) is 20.4 Å². The van der Waals surface area contributed by atoms with E-state index in [1.165, 1.54) is 56.9 Å². The Kier molecular flexibility index (Phi) is 14.9. The summed E-state index contributed by atoms with van der Waals surface area (Å²) in [6.45, 7) is 15.3. The van der Waals surface area contributed by atoms with Gasteiger partial charge in [-0.3, -0.25) is 15.3 Å². The minimum atomic E-state index is -1.29. The Bertz CT molecular complexity index is 816. The zero-order valence-electron chi connectivity index (χ0n) is 24.9. The molecular formula is C32H55N2O3. The van der Waals surface area contributed by atoms with E-state index in [9.17, 15) is 9.59 Å². The fourth-order valence-corrected chi connectivity index (χ4v) is 4.42. The standard InChI is InChI=1S/C32H55N2O3/c1-8-11-12-13-14-15-16-17-18-19-20-21-28(35)34-30(29(33)36)37-27-23-22-25(31(4,5)9-2)24-26(27)32(6,7)10-3/h22-24,30,33H,8-21H2,1-7H3,(H,34,35). The molecular weight excluding hydrogens is 460 g/mol. The summed E-state index contributed by atoms with van der Waals surface area (Å²) >= 11 is 0. The maximum atomic E-state index is 12.5. The van der Waals surface area contributed by atoms with Gasteiger partial charge in [-0.1, -0.05) is 125 Å². The molecule has 1 aromatic rings. The molecule has 1 rings (SSSR count). The number of ether oxygens (including phenoxy) is 1. The second kappa shape index (κ2) is 16.7. The van der Waals surface area contributed by atoms with Crippen molar-refractivity contribution in [1.29, 1.82) is 0 Å². The van der Waals surface area contributed by atoms with E-state index in [4.69, 9.17) is 10.5 Å². The van der Waals surface area contributed by atoms with Crippen molar-refractivity contribution in [2.45, 2.75) is 155 Å². The van der Waals surface area contributed by atoms with E-state index in [2.05, 4.69) is 59.8 Å². The lowest BCUT2D eigenvalue weighted by Crippen LogP contribution is -2.45. The summed E-state index contributed by atoms with van der Waals surface area (Å²) in [5, 5.41) is 2.65. The number of benzene rings is 1. The Morgan fingerprint density at radius 1 is 0.811 bits per heavy atom. The molecule has 0 aliphatic rings. The normalized spacial score (nSPS) is 12.8. The Balaban J connectivity index is 2.64. The number of unbranched alkanes of at least 4 members (excludes halogenated alkanes) is 10. The predicted molar refractivity (Wildman–Crippen MR) is 155 cm³/mol. The number of carbonyl (C=O) groups is 2. The molecule has 0 spiro atoms. The van der Waals surface area contributed by atoms with Gasteiger partial charge in [0, 0.05) is 12.0 Å². The monoisotopic (exact) mass is 515 g/mol. The molecule has 211 valence electrons. The molecule has 1 unspecified atom stereocenters. The van der Waals surface area contributed by atoms with Crippen molar-refractivity contribution in [3.8, 4) is 5.75 Å². The summed E-state index contributed by atoms with van der Waals surface area (Å²) in [4.78, 5) is 24.6. The average molecular weight is 516 g/mol. The molecule has 1 aromatic carbocycles. The summed E-state index contributed by atoms with van der Waals surface area (Å²) in [5.74, 6) is -0.616. The maximum Gasteiger partial charge on any atom is 0.300 e. The molecule has 37 heavy (non-hydrogen) atoms. The van der Waals surface area contributed by atoms with Crippen LogP contribution in [-0.4, -0.2) is 18.0 Å². The van der Waals surface area contributed by atoms with Gasteiger partial charge in [-0.2, -0.15) is 0 Å². The fourth-order valence-electron chi connectivity index (χ4n) is 4.42. The van der Waals surface area contributed by atoms with Crippen molar-refractivity contribution >= 4 is 11.8 Å². The Hall–Kier alpha value is -2.04. The van der Waals surface area contributed by atoms with Gasteiger partial charge in [0.15, 0.2) is 0 Å². The SMILES string of the molecule is CCCCCCCCCCCCCC(=O)NC(Oc1ccc(C(C)(C)CC)cc1C(C)(C)CC)C([NH])=O. The maximum absolute atomic E-state index is 12.5. The highest BCUT2D eigenvalue weighted by molar-refractivity contribution is 5.85. The van der Waals surface area contributed by atoms with E-state index in [1.807, 2.05) is 12.1 Å². The molecule has 5 nitrogen and oxygen atoms in total. The second-order valence-electron chi connectivity index (χ2n) is 11.9. The summed E-state index contributed by atoms with van der Waals surface area (Å²) in [6, 6.07) is 6.10. The summed E-state index contributed by atoms with van der Waals surface area (Å²) in [5.41, 5.74) is 9.76. The van der Waals surface area contributed by atoms with Gasteiger partial charge < -0.3 is 10.1 Å². The number of hydrogen-bond acceptors (Lipinski definition) is 3. The lowest BCUT2D eigenvalue weighted by Gasteiger charge is -2.31. The van der Waals surface area contributed by atoms with E-state index < -0.39 is 12.1 Å². The molecule has 1 atom stereocenters. The highest BCUT2D eigenvalue weighted by Crippen LogP contribution is 2.38. The molecule has 0 aliphatic heterocycles. The smallest absolute Gasteiger partial charge is 0.300 e. The third-order valence-corrected chi connectivity index (χ3v) is 8.04. The Labute approximate surface area is 227 Å². The first-order chi connectivity index (χ1) is 17.5. The summed E-state index contributed by atoms with van der Waals surface area (Å²) in [6.07, 6.45) is 14.4. The number of hydrogen-bond donors (Lipinski definition) is 1. The highest BCUT2D eigenvalue weighted by Gasteiger charge is 2.29. The van der Waals surface area contributed by atoms with Crippen LogP contribution in [0.1, 0.15) is 149 Å². The fraction of sp³-hybridized carbons (Fsp3) is 0.750. The first-order valence-corrected chi connectivity index (χ1v) is 14.8. The molecule has 2 N–H and O–H groups in total. The van der Waals surface area contributed by atoms with Crippen molar-refractivity contribution in [2.24, 2.45) is 0 Å². The molecule has 0 heterocycles. The minimum Gasteiger partial charge on any atom is -0.461 e. The largest absolute Gasteiger partial charge is 0.461 e. The van der Waals surface area contributed by atoms with Crippen LogP contribution >= 0.6 is 0 Å². The van der Waals surface area contributed by atoms with Crippen LogP contribution in [0.15, 0.2) is 18.2 Å². The van der Waals surface area contributed by atoms with Gasteiger partial charge in [0.05, 0.1) is 0 Å². The summed E-state index contributed by atoms with van der Waals surface area (Å²) < 4.78 is 6.01. The molecule has 0 saturated carbocycles. The minimum absolute atomic E-state index is 0.0184. The number of rotatable bonds is 20. The molecule has 5 heteroatoms. The highest BCUT2D eigenvalue weighted by atomic mass is 16.5. The van der Waals surface area contributed by atoms with Crippen LogP contribution in [0.3, 0.4) is 0 Å². The lowest BCUT2D eigenvalue weighted by atomic mass is 9.76. The summed E-state index contributed by atoms with van der Waals surface area (Å²) in [7, 11) is 0. The van der Waals surface area contributed by atoms with E-state index in [0.29, 0.717) is 12.2 Å². The topological polar surface area (TPSA) is 79.2 Å². The van der Waals surface area contributed by atoms with Crippen LogP contribution in [0.4, 0.5) is 0 Å². The molecule has 0 aliphatic carbocycles. The van der Waals surface area contributed by atoms with Crippen molar-refractivity contribution in [2.75, 3.05) is 0 Å². The van der Waals surface area contributed by atoms with Gasteiger partial charge in [-0.05, 0) is 41.7 Å². The Morgan fingerprint density at radius 3 is 1.81 bits per heavy atom. The van der Waals surface area contributed by atoms with Crippen molar-refractivity contribution in [1.82, 2.24) is 11.1 Å². The first kappa shape index (κ1) is 33.0. The lowest BCUT2D eigenvalue weighted by molar-refractivity contribution is -0.133. The van der Waals surface area contributed by atoms with Gasteiger partial charge in [0.1, 0.15) is 5.75 Å². The predicted octanol–water partition coefficient (Wildman–Crippen LogP) is 8.39. The van der Waals surface area contributed by atoms with Gasteiger partial charge in [-0.15, -0.1) is 0 Å². The van der Waals surface area contributed by atoms with Crippen LogP contribution in [0, 0.1) is 0 Å². The zero-order chi connectivity index (χ0) is 27.9. The average Bonchev–Trinajstić information content (AvgIpc) is 2.86. The van der Waals surface area contributed by atoms with Gasteiger partial charge in [0.2, 0.25) is 5.91 Å². The van der Waals surface area contributed by atoms with E-state index in [0.717, 1.165) is 37.7 Å². The molecule has 0 bridgehead atoms. The molecule has 0 fully saturated rings. The molecule has 0 saturated heterocycles. The van der Waals surface area contributed by atoms with Gasteiger partial charge in [0.25, 0.3) is 6.23 Å². The third-order valence-electron chi connectivity index (χ3n) is 8.04. The molecule has 0 aromatic heterocycles. The van der Waals surface area contributed by atoms with Crippen molar-refractivity contribution in [3.05, 3.63) is 29.3 Å². The molecule has 2 amide bonds. The van der Waals surface area contributed by atoms with Crippen molar-refractivity contribution < 1.29 is 14.3 Å². The third kappa shape index (κ3) is 11.9. The quantitative estimate of drug-likeness (QED) is 0.140. The number of amides is 2. The second-order valence-corrected chi connectivity index (χ2v) is 11.9. The van der Waals surface area contributed by atoms with Crippen LogP contribution in [0.5, 0.6) is 5.75 Å².